The monoisotopic (exact) mass is 382 g/mol. The van der Waals surface area contributed by atoms with Crippen LogP contribution in [0.25, 0.3) is 0 Å². The predicted molar refractivity (Wildman–Crippen MR) is 94.7 cm³/mol. The molecule has 1 saturated heterocycles. The van der Waals surface area contributed by atoms with E-state index >= 15 is 0 Å². The Bertz CT molecular complexity index is 810. The van der Waals surface area contributed by atoms with E-state index in [1.165, 1.54) is 11.0 Å². The van der Waals surface area contributed by atoms with E-state index in [0.29, 0.717) is 39.3 Å². The number of benzene rings is 2. The van der Waals surface area contributed by atoms with Crippen molar-refractivity contribution in [1.82, 2.24) is 10.2 Å². The smallest absolute Gasteiger partial charge is 0.254 e. The van der Waals surface area contributed by atoms with E-state index < -0.39 is 6.04 Å². The number of halogens is 3. The van der Waals surface area contributed by atoms with E-state index in [1.54, 1.807) is 36.4 Å². The summed E-state index contributed by atoms with van der Waals surface area (Å²) in [6.07, 6.45) is 0. The molecule has 2 aromatic carbocycles. The van der Waals surface area contributed by atoms with Crippen LogP contribution in [0.15, 0.2) is 42.5 Å². The normalized spacial score (nSPS) is 17.5. The summed E-state index contributed by atoms with van der Waals surface area (Å²) in [5, 5.41) is 3.96. The molecule has 0 aromatic heterocycles. The number of carbonyl (C=O) groups is 2. The summed E-state index contributed by atoms with van der Waals surface area (Å²) in [5.41, 5.74) is 1.04. The van der Waals surface area contributed by atoms with Gasteiger partial charge in [-0.25, -0.2) is 0 Å². The Hall–Kier alpha value is -1.75. The van der Waals surface area contributed by atoms with Crippen molar-refractivity contribution in [3.63, 3.8) is 0 Å². The lowest BCUT2D eigenvalue weighted by atomic mass is 10.0. The highest BCUT2D eigenvalue weighted by Gasteiger charge is 2.35. The van der Waals surface area contributed by atoms with E-state index in [2.05, 4.69) is 5.32 Å². The fourth-order valence-corrected chi connectivity index (χ4v) is 3.19. The van der Waals surface area contributed by atoms with Crippen LogP contribution in [0.5, 0.6) is 0 Å². The summed E-state index contributed by atoms with van der Waals surface area (Å²) in [5.74, 6) is -0.523. The molecule has 1 aliphatic heterocycles. The van der Waals surface area contributed by atoms with Gasteiger partial charge in [0.05, 0.1) is 10.0 Å². The second-order valence-corrected chi connectivity index (χ2v) is 6.63. The molecule has 1 fully saturated rings. The molecule has 124 valence electrons. The van der Waals surface area contributed by atoms with Crippen LogP contribution in [0.1, 0.15) is 22.0 Å². The van der Waals surface area contributed by atoms with Crippen molar-refractivity contribution in [3.05, 3.63) is 68.7 Å². The van der Waals surface area contributed by atoms with Gasteiger partial charge >= 0.3 is 0 Å². The fourth-order valence-electron chi connectivity index (χ4n) is 2.69. The zero-order valence-electron chi connectivity index (χ0n) is 12.4. The summed E-state index contributed by atoms with van der Waals surface area (Å²) in [6, 6.07) is 10.9. The van der Waals surface area contributed by atoms with Crippen LogP contribution in [0.4, 0.5) is 0 Å². The highest BCUT2D eigenvalue weighted by atomic mass is 35.5. The van der Waals surface area contributed by atoms with Crippen molar-refractivity contribution in [2.75, 3.05) is 13.1 Å². The maximum atomic E-state index is 12.9. The van der Waals surface area contributed by atoms with Gasteiger partial charge in [0.15, 0.2) is 0 Å². The van der Waals surface area contributed by atoms with Gasteiger partial charge in [-0.05, 0) is 35.9 Å². The lowest BCUT2D eigenvalue weighted by Crippen LogP contribution is -2.52. The Morgan fingerprint density at radius 3 is 2.58 bits per heavy atom. The lowest BCUT2D eigenvalue weighted by Gasteiger charge is -2.35. The average Bonchev–Trinajstić information content (AvgIpc) is 2.56. The summed E-state index contributed by atoms with van der Waals surface area (Å²) in [7, 11) is 0. The molecule has 0 radical (unpaired) electrons. The highest BCUT2D eigenvalue weighted by molar-refractivity contribution is 6.42. The van der Waals surface area contributed by atoms with Crippen LogP contribution in [-0.4, -0.2) is 29.8 Å². The third-order valence-electron chi connectivity index (χ3n) is 3.80. The summed E-state index contributed by atoms with van der Waals surface area (Å²) >= 11 is 17.9. The fraction of sp³-hybridized carbons (Fsp3) is 0.176. The van der Waals surface area contributed by atoms with Crippen LogP contribution in [-0.2, 0) is 4.79 Å². The van der Waals surface area contributed by atoms with E-state index in [1.807, 2.05) is 0 Å². The largest absolute Gasteiger partial charge is 0.352 e. The van der Waals surface area contributed by atoms with Crippen LogP contribution in [0, 0.1) is 0 Å². The molecule has 2 amide bonds. The standard InChI is InChI=1S/C17H13Cl3N2O2/c18-12-3-1-2-10(8-12)15-16(23)21-6-7-22(15)17(24)11-4-5-13(19)14(20)9-11/h1-5,8-9,15H,6-7H2,(H,21,23). The Kier molecular flexibility index (Phi) is 4.99. The molecule has 2 aromatic rings. The molecule has 24 heavy (non-hydrogen) atoms. The third-order valence-corrected chi connectivity index (χ3v) is 4.78. The SMILES string of the molecule is O=C1NCCN(C(=O)c2ccc(Cl)c(Cl)c2)C1c1cccc(Cl)c1. The molecule has 0 aliphatic carbocycles. The predicted octanol–water partition coefficient (Wildman–Crippen LogP) is 3.96. The van der Waals surface area contributed by atoms with Crippen molar-refractivity contribution in [2.24, 2.45) is 0 Å². The number of nitrogens with one attached hydrogen (secondary N) is 1. The second-order valence-electron chi connectivity index (χ2n) is 5.38. The minimum Gasteiger partial charge on any atom is -0.352 e. The van der Waals surface area contributed by atoms with E-state index in [9.17, 15) is 9.59 Å². The maximum absolute atomic E-state index is 12.9. The minimum absolute atomic E-state index is 0.239. The van der Waals surface area contributed by atoms with Crippen LogP contribution in [0.3, 0.4) is 0 Å². The van der Waals surface area contributed by atoms with Gasteiger partial charge in [-0.1, -0.05) is 46.9 Å². The highest BCUT2D eigenvalue weighted by Crippen LogP contribution is 2.29. The molecule has 7 heteroatoms. The number of piperazine rings is 1. The number of rotatable bonds is 2. The molecule has 1 atom stereocenters. The Balaban J connectivity index is 1.98. The Morgan fingerprint density at radius 2 is 1.88 bits per heavy atom. The first kappa shape index (κ1) is 17.1. The van der Waals surface area contributed by atoms with Gasteiger partial charge in [0.25, 0.3) is 5.91 Å². The molecule has 0 spiro atoms. The average molecular weight is 384 g/mol. The second kappa shape index (κ2) is 7.01. The molecule has 3 rings (SSSR count). The summed E-state index contributed by atoms with van der Waals surface area (Å²) < 4.78 is 0. The molecule has 0 saturated carbocycles. The Morgan fingerprint density at radius 1 is 1.08 bits per heavy atom. The number of nitrogens with zero attached hydrogens (tertiary/aromatic N) is 1. The first-order chi connectivity index (χ1) is 11.5. The molecule has 4 nitrogen and oxygen atoms in total. The van der Waals surface area contributed by atoms with Gasteiger partial charge in [-0.2, -0.15) is 0 Å². The Labute approximate surface area is 154 Å². The summed E-state index contributed by atoms with van der Waals surface area (Å²) in [6.45, 7) is 0.783. The van der Waals surface area contributed by atoms with E-state index in [4.69, 9.17) is 34.8 Å². The molecule has 1 heterocycles. The van der Waals surface area contributed by atoms with Crippen molar-refractivity contribution in [2.45, 2.75) is 6.04 Å². The zero-order valence-corrected chi connectivity index (χ0v) is 14.7. The minimum atomic E-state index is -0.737. The van der Waals surface area contributed by atoms with Crippen molar-refractivity contribution >= 4 is 46.6 Å². The first-order valence-electron chi connectivity index (χ1n) is 7.26. The third kappa shape index (κ3) is 3.36. The number of hydrogen-bond donors (Lipinski definition) is 1. The maximum Gasteiger partial charge on any atom is 0.254 e. The summed E-state index contributed by atoms with van der Waals surface area (Å²) in [4.78, 5) is 26.8. The van der Waals surface area contributed by atoms with Gasteiger partial charge in [-0.3, -0.25) is 9.59 Å². The van der Waals surface area contributed by atoms with Crippen molar-refractivity contribution in [3.8, 4) is 0 Å². The number of carbonyl (C=O) groups excluding carboxylic acids is 2. The number of amides is 2. The quantitative estimate of drug-likeness (QED) is 0.853. The van der Waals surface area contributed by atoms with Gasteiger partial charge in [0, 0.05) is 23.7 Å². The van der Waals surface area contributed by atoms with Crippen LogP contribution < -0.4 is 5.32 Å². The first-order valence-corrected chi connectivity index (χ1v) is 8.40. The van der Waals surface area contributed by atoms with Crippen molar-refractivity contribution < 1.29 is 9.59 Å². The molecular formula is C17H13Cl3N2O2. The zero-order chi connectivity index (χ0) is 17.3. The molecule has 1 aliphatic rings. The van der Waals surface area contributed by atoms with E-state index in [0.717, 1.165) is 0 Å². The molecule has 0 bridgehead atoms. The van der Waals surface area contributed by atoms with Gasteiger partial charge in [-0.15, -0.1) is 0 Å². The van der Waals surface area contributed by atoms with Gasteiger partial charge in [0.1, 0.15) is 6.04 Å². The van der Waals surface area contributed by atoms with Gasteiger partial charge in [0.2, 0.25) is 5.91 Å². The number of hydrogen-bond acceptors (Lipinski definition) is 2. The van der Waals surface area contributed by atoms with Crippen LogP contribution in [0.2, 0.25) is 15.1 Å². The van der Waals surface area contributed by atoms with Crippen molar-refractivity contribution in [1.29, 1.82) is 0 Å². The van der Waals surface area contributed by atoms with Gasteiger partial charge < -0.3 is 10.2 Å². The molecule has 1 N–H and O–H groups in total. The lowest BCUT2D eigenvalue weighted by molar-refractivity contribution is -0.128. The topological polar surface area (TPSA) is 49.4 Å². The molecule has 1 unspecified atom stereocenters. The van der Waals surface area contributed by atoms with E-state index in [-0.39, 0.29) is 11.8 Å². The molecular weight excluding hydrogens is 371 g/mol. The van der Waals surface area contributed by atoms with Crippen LogP contribution >= 0.6 is 34.8 Å².